The quantitative estimate of drug-likeness (QED) is 0.253. The Morgan fingerprint density at radius 1 is 1.00 bits per heavy atom. The predicted octanol–water partition coefficient (Wildman–Crippen LogP) is 2.96. The smallest absolute Gasteiger partial charge is 0.307 e. The lowest BCUT2D eigenvalue weighted by Crippen LogP contribution is -2.47. The first-order valence-electron chi connectivity index (χ1n) is 11.3. The molecule has 12 heteroatoms. The number of halogens is 2. The van der Waals surface area contributed by atoms with Crippen LogP contribution in [0.4, 0.5) is 11.4 Å². The monoisotopic (exact) mass is 541 g/mol. The first kappa shape index (κ1) is 31.1. The molecule has 1 aliphatic rings. The molecule has 1 fully saturated rings. The lowest BCUT2D eigenvalue weighted by Gasteiger charge is -2.34. The maximum absolute atomic E-state index is 12.2. The molecule has 1 aliphatic heterocycles. The van der Waals surface area contributed by atoms with E-state index in [2.05, 4.69) is 49.4 Å². The van der Waals surface area contributed by atoms with Crippen molar-refractivity contribution in [3.8, 4) is 0 Å². The van der Waals surface area contributed by atoms with Crippen LogP contribution in [0, 0.1) is 10.1 Å². The third kappa shape index (κ3) is 9.62. The molecule has 3 rings (SSSR count). The second kappa shape index (κ2) is 15.9. The number of nitrogens with one attached hydrogen (secondary N) is 2. The van der Waals surface area contributed by atoms with Crippen LogP contribution in [0.1, 0.15) is 22.3 Å². The third-order valence-electron chi connectivity index (χ3n) is 5.76. The number of hydrogen-bond donors (Lipinski definition) is 2. The average Bonchev–Trinajstić information content (AvgIpc) is 2.85. The number of hydrogen-bond acceptors (Lipinski definition) is 8. The molecule has 0 saturated carbocycles. The second-order valence-corrected chi connectivity index (χ2v) is 8.10. The summed E-state index contributed by atoms with van der Waals surface area (Å²) in [6, 6.07) is 14.7. The van der Waals surface area contributed by atoms with Crippen molar-refractivity contribution in [3.05, 3.63) is 69.8 Å². The Hall–Kier alpha value is -2.92. The van der Waals surface area contributed by atoms with Gasteiger partial charge < -0.3 is 15.4 Å². The van der Waals surface area contributed by atoms with Crippen LogP contribution in [-0.4, -0.2) is 79.5 Å². The summed E-state index contributed by atoms with van der Waals surface area (Å²) in [6.45, 7) is 6.22. The fraction of sp³-hybridized carbons (Fsp3) is 0.417. The first-order chi connectivity index (χ1) is 16.5. The lowest BCUT2D eigenvalue weighted by atomic mass is 10.1. The number of nitro groups is 1. The number of piperazine rings is 1. The molecule has 1 amide bonds. The van der Waals surface area contributed by atoms with Crippen LogP contribution < -0.4 is 10.6 Å². The number of methoxy groups -OCH3 is 1. The van der Waals surface area contributed by atoms with Gasteiger partial charge in [-0.25, -0.2) is 0 Å². The highest BCUT2D eigenvalue weighted by Gasteiger charge is 2.19. The third-order valence-corrected chi connectivity index (χ3v) is 5.76. The molecular weight excluding hydrogens is 509 g/mol. The van der Waals surface area contributed by atoms with Gasteiger partial charge in [-0.2, -0.15) is 0 Å². The SMILES string of the molecule is COC(=O)CCNC(=O)c1ccc(NCCN2CCN(Cc3ccccc3)CC2)c([N+](=O)[O-])c1.Cl.Cl. The van der Waals surface area contributed by atoms with E-state index in [0.717, 1.165) is 39.3 Å². The number of esters is 1. The van der Waals surface area contributed by atoms with Gasteiger partial charge in [-0.1, -0.05) is 30.3 Å². The van der Waals surface area contributed by atoms with E-state index in [1.165, 1.54) is 24.8 Å². The van der Waals surface area contributed by atoms with Crippen molar-refractivity contribution in [1.82, 2.24) is 15.1 Å². The van der Waals surface area contributed by atoms with Crippen molar-refractivity contribution in [3.63, 3.8) is 0 Å². The summed E-state index contributed by atoms with van der Waals surface area (Å²) >= 11 is 0. The summed E-state index contributed by atoms with van der Waals surface area (Å²) in [5.74, 6) is -0.921. The van der Waals surface area contributed by atoms with Crippen LogP contribution in [0.5, 0.6) is 0 Å². The van der Waals surface area contributed by atoms with Crippen molar-refractivity contribution in [2.45, 2.75) is 13.0 Å². The molecule has 0 unspecified atom stereocenters. The maximum atomic E-state index is 12.2. The van der Waals surface area contributed by atoms with E-state index in [1.807, 2.05) is 6.07 Å². The van der Waals surface area contributed by atoms with Crippen molar-refractivity contribution in [2.75, 3.05) is 58.2 Å². The van der Waals surface area contributed by atoms with Crippen LogP contribution in [-0.2, 0) is 16.1 Å². The lowest BCUT2D eigenvalue weighted by molar-refractivity contribution is -0.384. The molecule has 2 aromatic carbocycles. The minimum absolute atomic E-state index is 0. The molecule has 0 bridgehead atoms. The standard InChI is InChI=1S/C24H31N5O5.2ClH/c1-34-23(30)9-10-26-24(31)20-7-8-21(22(17-20)29(32)33)25-11-12-27-13-15-28(16-14-27)18-19-5-3-2-4-6-19;;/h2-8,17,25H,9-16,18H2,1H3,(H,26,31);2*1H. The van der Waals surface area contributed by atoms with Crippen LogP contribution in [0.3, 0.4) is 0 Å². The van der Waals surface area contributed by atoms with Crippen molar-refractivity contribution in [1.29, 1.82) is 0 Å². The minimum atomic E-state index is -0.504. The Bertz CT molecular complexity index is 988. The zero-order valence-electron chi connectivity index (χ0n) is 20.2. The van der Waals surface area contributed by atoms with Gasteiger partial charge in [0.05, 0.1) is 18.5 Å². The van der Waals surface area contributed by atoms with E-state index in [-0.39, 0.29) is 49.0 Å². The summed E-state index contributed by atoms with van der Waals surface area (Å²) in [4.78, 5) is 39.2. The molecular formula is C24H33Cl2N5O5. The molecule has 0 spiro atoms. The van der Waals surface area contributed by atoms with Gasteiger partial charge in [0, 0.05) is 64.0 Å². The highest BCUT2D eigenvalue weighted by Crippen LogP contribution is 2.25. The molecule has 0 radical (unpaired) electrons. The highest BCUT2D eigenvalue weighted by molar-refractivity contribution is 5.95. The molecule has 0 aliphatic carbocycles. The zero-order chi connectivity index (χ0) is 24.3. The van der Waals surface area contributed by atoms with Gasteiger partial charge in [0.2, 0.25) is 0 Å². The largest absolute Gasteiger partial charge is 0.469 e. The predicted molar refractivity (Wildman–Crippen MR) is 143 cm³/mol. The topological polar surface area (TPSA) is 117 Å². The van der Waals surface area contributed by atoms with Gasteiger partial charge in [-0.15, -0.1) is 24.8 Å². The maximum Gasteiger partial charge on any atom is 0.307 e. The number of nitrogens with zero attached hydrogens (tertiary/aromatic N) is 3. The number of rotatable bonds is 11. The van der Waals surface area contributed by atoms with E-state index < -0.39 is 16.8 Å². The van der Waals surface area contributed by atoms with Gasteiger partial charge >= 0.3 is 5.97 Å². The van der Waals surface area contributed by atoms with E-state index >= 15 is 0 Å². The minimum Gasteiger partial charge on any atom is -0.469 e. The van der Waals surface area contributed by atoms with Crippen LogP contribution >= 0.6 is 24.8 Å². The first-order valence-corrected chi connectivity index (χ1v) is 11.3. The highest BCUT2D eigenvalue weighted by atomic mass is 35.5. The molecule has 1 heterocycles. The summed E-state index contributed by atoms with van der Waals surface area (Å²) < 4.78 is 4.52. The number of anilines is 1. The van der Waals surface area contributed by atoms with Crippen LogP contribution in [0.2, 0.25) is 0 Å². The van der Waals surface area contributed by atoms with Gasteiger partial charge in [0.1, 0.15) is 5.69 Å². The summed E-state index contributed by atoms with van der Waals surface area (Å²) in [5, 5.41) is 17.2. The number of amides is 1. The van der Waals surface area contributed by atoms with Crippen molar-refractivity contribution >= 4 is 48.1 Å². The zero-order valence-corrected chi connectivity index (χ0v) is 21.8. The second-order valence-electron chi connectivity index (χ2n) is 8.10. The van der Waals surface area contributed by atoms with E-state index in [0.29, 0.717) is 12.2 Å². The van der Waals surface area contributed by atoms with E-state index in [4.69, 9.17) is 0 Å². The Labute approximate surface area is 223 Å². The van der Waals surface area contributed by atoms with Crippen molar-refractivity contribution in [2.24, 2.45) is 0 Å². The van der Waals surface area contributed by atoms with Crippen molar-refractivity contribution < 1.29 is 19.2 Å². The summed E-state index contributed by atoms with van der Waals surface area (Å²) in [6.07, 6.45) is 0.0322. The fourth-order valence-corrected chi connectivity index (χ4v) is 3.82. The van der Waals surface area contributed by atoms with Gasteiger partial charge in [-0.05, 0) is 17.7 Å². The average molecular weight is 542 g/mol. The molecule has 0 aromatic heterocycles. The van der Waals surface area contributed by atoms with Gasteiger partial charge in [0.25, 0.3) is 11.6 Å². The van der Waals surface area contributed by atoms with Crippen LogP contribution in [0.15, 0.2) is 48.5 Å². The Kier molecular flexibility index (Phi) is 13.8. The molecule has 36 heavy (non-hydrogen) atoms. The number of ether oxygens (including phenoxy) is 1. The van der Waals surface area contributed by atoms with E-state index in [9.17, 15) is 19.7 Å². The molecule has 2 aromatic rings. The summed E-state index contributed by atoms with van der Waals surface area (Å²) in [5.41, 5.74) is 1.69. The molecule has 10 nitrogen and oxygen atoms in total. The number of nitro benzene ring substituents is 1. The molecule has 0 atom stereocenters. The van der Waals surface area contributed by atoms with Gasteiger partial charge in [-0.3, -0.25) is 29.5 Å². The molecule has 1 saturated heterocycles. The Morgan fingerprint density at radius 3 is 2.31 bits per heavy atom. The number of carbonyl (C=O) groups is 2. The van der Waals surface area contributed by atoms with Gasteiger partial charge in [0.15, 0.2) is 0 Å². The Balaban J connectivity index is 0.00000324. The number of carbonyl (C=O) groups excluding carboxylic acids is 2. The van der Waals surface area contributed by atoms with Crippen LogP contribution in [0.25, 0.3) is 0 Å². The molecule has 198 valence electrons. The molecule has 2 N–H and O–H groups in total. The normalized spacial score (nSPS) is 13.6. The summed E-state index contributed by atoms with van der Waals surface area (Å²) in [7, 11) is 1.27. The Morgan fingerprint density at radius 2 is 1.67 bits per heavy atom. The fourth-order valence-electron chi connectivity index (χ4n) is 3.82. The number of benzene rings is 2. The van der Waals surface area contributed by atoms with E-state index in [1.54, 1.807) is 6.07 Å².